The lowest BCUT2D eigenvalue weighted by molar-refractivity contribution is -0.164. The van der Waals surface area contributed by atoms with Crippen LogP contribution in [0.15, 0.2) is 54.6 Å². The van der Waals surface area contributed by atoms with Crippen LogP contribution in [-0.2, 0) is 28.7 Å². The van der Waals surface area contributed by atoms with Crippen LogP contribution in [0.25, 0.3) is 0 Å². The Bertz CT molecular complexity index is 1350. The number of likely N-dealkylation sites (tertiary alicyclic amines) is 1. The van der Waals surface area contributed by atoms with Crippen LogP contribution < -0.4 is 0 Å². The van der Waals surface area contributed by atoms with Crippen LogP contribution in [0.5, 0.6) is 0 Å². The van der Waals surface area contributed by atoms with E-state index in [2.05, 4.69) is 0 Å². The molecular formula is C36H49N3O7. The number of esters is 1. The number of aliphatic hydroxyl groups excluding tert-OH is 1. The van der Waals surface area contributed by atoms with Gasteiger partial charge in [0.25, 0.3) is 0 Å². The molecule has 0 radical (unpaired) electrons. The van der Waals surface area contributed by atoms with Gasteiger partial charge in [-0.05, 0) is 52.5 Å². The summed E-state index contributed by atoms with van der Waals surface area (Å²) in [5.41, 5.74) is -1.14. The first kappa shape index (κ1) is 33.9. The van der Waals surface area contributed by atoms with Gasteiger partial charge in [0.15, 0.2) is 0 Å². The molecule has 1 spiro atoms. The molecule has 0 unspecified atom stereocenters. The highest BCUT2D eigenvalue weighted by atomic mass is 16.6. The molecular weight excluding hydrogens is 586 g/mol. The molecule has 10 nitrogen and oxygen atoms in total. The van der Waals surface area contributed by atoms with E-state index in [4.69, 9.17) is 9.47 Å². The van der Waals surface area contributed by atoms with Crippen molar-refractivity contribution in [2.75, 3.05) is 26.7 Å². The number of carbonyl (C=O) groups is 4. The number of nitrogens with zero attached hydrogens (tertiary/aromatic N) is 3. The van der Waals surface area contributed by atoms with Crippen LogP contribution in [-0.4, -0.2) is 99.6 Å². The molecule has 46 heavy (non-hydrogen) atoms. The summed E-state index contributed by atoms with van der Waals surface area (Å²) in [6, 6.07) is 7.91. The Labute approximate surface area is 272 Å². The quantitative estimate of drug-likeness (QED) is 0.275. The van der Waals surface area contributed by atoms with Gasteiger partial charge in [0, 0.05) is 38.7 Å². The van der Waals surface area contributed by atoms with Gasteiger partial charge in [0.1, 0.15) is 23.7 Å². The molecule has 7 atom stereocenters. The largest absolute Gasteiger partial charge is 0.455 e. The summed E-state index contributed by atoms with van der Waals surface area (Å²) in [6.07, 6.45) is 9.66. The van der Waals surface area contributed by atoms with E-state index in [0.717, 1.165) is 18.4 Å². The predicted molar refractivity (Wildman–Crippen MR) is 172 cm³/mol. The molecule has 3 amide bonds. The van der Waals surface area contributed by atoms with Gasteiger partial charge in [-0.2, -0.15) is 0 Å². The fraction of sp³-hybridized carbons (Fsp3) is 0.611. The van der Waals surface area contributed by atoms with Crippen molar-refractivity contribution in [3.05, 3.63) is 60.2 Å². The van der Waals surface area contributed by atoms with Crippen molar-refractivity contribution >= 4 is 23.7 Å². The molecule has 5 bridgehead atoms. The third kappa shape index (κ3) is 6.26. The number of allylic oxidation sites excluding steroid dienone is 1. The molecule has 0 saturated carbocycles. The van der Waals surface area contributed by atoms with E-state index in [9.17, 15) is 24.3 Å². The van der Waals surface area contributed by atoms with Crippen LogP contribution in [0.2, 0.25) is 0 Å². The fourth-order valence-electron chi connectivity index (χ4n) is 7.45. The summed E-state index contributed by atoms with van der Waals surface area (Å²) < 4.78 is 12.9. The maximum atomic E-state index is 14.7. The monoisotopic (exact) mass is 635 g/mol. The molecule has 1 aromatic rings. The number of hydrogen-bond donors (Lipinski definition) is 1. The second-order valence-electron chi connectivity index (χ2n) is 14.0. The number of likely N-dealkylation sites (N-methyl/N-ethyl adjacent to an activating group) is 1. The fourth-order valence-corrected chi connectivity index (χ4v) is 7.45. The zero-order chi connectivity index (χ0) is 33.2. The van der Waals surface area contributed by atoms with Gasteiger partial charge >= 0.3 is 5.97 Å². The number of amides is 3. The number of ether oxygens (including phenoxy) is 2. The Morgan fingerprint density at radius 3 is 2.39 bits per heavy atom. The lowest BCUT2D eigenvalue weighted by atomic mass is 9.74. The first-order valence-corrected chi connectivity index (χ1v) is 16.7. The number of hydrogen-bond acceptors (Lipinski definition) is 7. The normalized spacial score (nSPS) is 32.7. The summed E-state index contributed by atoms with van der Waals surface area (Å²) >= 11 is 0. The van der Waals surface area contributed by atoms with Crippen molar-refractivity contribution in [2.45, 2.75) is 102 Å². The first-order chi connectivity index (χ1) is 21.9. The molecule has 4 aliphatic heterocycles. The second-order valence-corrected chi connectivity index (χ2v) is 14.0. The Kier molecular flexibility index (Phi) is 10.1. The second kappa shape index (κ2) is 13.7. The summed E-state index contributed by atoms with van der Waals surface area (Å²) in [5.74, 6) is -3.04. The standard InChI is InChI=1S/C36H49N3O7/c1-24-30(25-16-10-8-11-17-25)45-34(44)28-26-19-20-36(46-26)29(28)32(42)38(21-13-6-7-15-23-40)31(36)33(43)39(35(2,3)4)22-14-9-12-18-27(41)37(24)5/h8-11,14,16-17,19-20,24,26,28-31,40H,6-7,12-13,15,18,21-23H2,1-5H3/b14-9-/t24-,26+,28-,29-,30+,31+,36-/m0/s1. The van der Waals surface area contributed by atoms with Gasteiger partial charge in [0.2, 0.25) is 17.7 Å². The van der Waals surface area contributed by atoms with E-state index in [1.807, 2.05) is 76.3 Å². The van der Waals surface area contributed by atoms with Gasteiger partial charge < -0.3 is 29.3 Å². The molecule has 1 aromatic carbocycles. The number of cyclic esters (lactones) is 1. The third-order valence-corrected chi connectivity index (χ3v) is 10.1. The number of carbonyl (C=O) groups excluding carboxylic acids is 4. The van der Waals surface area contributed by atoms with E-state index in [-0.39, 0.29) is 30.7 Å². The average Bonchev–Trinajstić information content (AvgIpc) is 3.67. The summed E-state index contributed by atoms with van der Waals surface area (Å²) in [5, 5.41) is 9.23. The first-order valence-electron chi connectivity index (χ1n) is 16.7. The predicted octanol–water partition coefficient (Wildman–Crippen LogP) is 3.80. The Morgan fingerprint density at radius 1 is 0.978 bits per heavy atom. The average molecular weight is 636 g/mol. The highest BCUT2D eigenvalue weighted by molar-refractivity contribution is 5.99. The smallest absolute Gasteiger partial charge is 0.313 e. The van der Waals surface area contributed by atoms with Gasteiger partial charge in [-0.15, -0.1) is 0 Å². The minimum atomic E-state index is -1.30. The van der Waals surface area contributed by atoms with Crippen LogP contribution in [0, 0.1) is 11.8 Å². The SMILES string of the molecule is C[C@H]1[C@H](c2ccccc2)OC(=O)[C@@H]2[C@H]3C(=O)N(CCCCCCO)[C@H](C(=O)N(C(C)(C)C)C/C=C\CCC(=O)N1C)[C@]31C=C[C@H]2O1. The molecule has 10 heteroatoms. The molecule has 4 aliphatic rings. The maximum absolute atomic E-state index is 14.7. The van der Waals surface area contributed by atoms with Crippen molar-refractivity contribution < 1.29 is 33.8 Å². The van der Waals surface area contributed by atoms with E-state index in [1.165, 1.54) is 0 Å². The molecule has 5 rings (SSSR count). The minimum Gasteiger partial charge on any atom is -0.455 e. The van der Waals surface area contributed by atoms with Crippen LogP contribution >= 0.6 is 0 Å². The van der Waals surface area contributed by atoms with Crippen LogP contribution in [0.3, 0.4) is 0 Å². The molecule has 2 fully saturated rings. The van der Waals surface area contributed by atoms with Crippen LogP contribution in [0.4, 0.5) is 0 Å². The molecule has 0 aliphatic carbocycles. The highest BCUT2D eigenvalue weighted by Gasteiger charge is 2.73. The van der Waals surface area contributed by atoms with Gasteiger partial charge in [0.05, 0.1) is 18.1 Å². The number of benzene rings is 1. The van der Waals surface area contributed by atoms with Crippen LogP contribution in [0.1, 0.15) is 77.9 Å². The summed E-state index contributed by atoms with van der Waals surface area (Å²) in [4.78, 5) is 61.7. The number of aliphatic hydroxyl groups is 1. The topological polar surface area (TPSA) is 117 Å². The lowest BCUT2D eigenvalue weighted by Crippen LogP contribution is -2.59. The molecule has 250 valence electrons. The third-order valence-electron chi connectivity index (χ3n) is 10.1. The zero-order valence-electron chi connectivity index (χ0n) is 27.8. The molecule has 1 N–H and O–H groups in total. The minimum absolute atomic E-state index is 0.0868. The van der Waals surface area contributed by atoms with Crippen molar-refractivity contribution in [3.63, 3.8) is 0 Å². The van der Waals surface area contributed by atoms with Crippen molar-refractivity contribution in [2.24, 2.45) is 11.8 Å². The summed E-state index contributed by atoms with van der Waals surface area (Å²) in [6.45, 7) is 8.48. The number of rotatable bonds is 7. The highest BCUT2D eigenvalue weighted by Crippen LogP contribution is 2.56. The number of fused-ring (bicyclic) bond motifs is 2. The van der Waals surface area contributed by atoms with Gasteiger partial charge in [-0.25, -0.2) is 0 Å². The van der Waals surface area contributed by atoms with Crippen molar-refractivity contribution in [3.8, 4) is 0 Å². The van der Waals surface area contributed by atoms with E-state index < -0.39 is 53.2 Å². The van der Waals surface area contributed by atoms with Crippen molar-refractivity contribution in [1.29, 1.82) is 0 Å². The van der Waals surface area contributed by atoms with Crippen molar-refractivity contribution in [1.82, 2.24) is 14.7 Å². The number of unbranched alkanes of at least 4 members (excludes halogenated alkanes) is 3. The lowest BCUT2D eigenvalue weighted by Gasteiger charge is -2.41. The molecule has 4 heterocycles. The van der Waals surface area contributed by atoms with Gasteiger partial charge in [-0.1, -0.05) is 67.5 Å². The van der Waals surface area contributed by atoms with E-state index in [0.29, 0.717) is 32.4 Å². The van der Waals surface area contributed by atoms with E-state index >= 15 is 0 Å². The van der Waals surface area contributed by atoms with E-state index in [1.54, 1.807) is 27.8 Å². The molecule has 0 aromatic heterocycles. The van der Waals surface area contributed by atoms with Gasteiger partial charge in [-0.3, -0.25) is 19.2 Å². The molecule has 2 saturated heterocycles. The summed E-state index contributed by atoms with van der Waals surface area (Å²) in [7, 11) is 1.72. The zero-order valence-corrected chi connectivity index (χ0v) is 27.8. The Morgan fingerprint density at radius 2 is 1.70 bits per heavy atom. The maximum Gasteiger partial charge on any atom is 0.313 e. The Hall–Kier alpha value is -3.50. The Balaban J connectivity index is 1.57.